The maximum atomic E-state index is 10.7. The molecule has 4 rings (SSSR count). The van der Waals surface area contributed by atoms with Crippen molar-refractivity contribution in [2.24, 2.45) is 0 Å². The molecule has 4 aromatic rings. The first-order valence-electron chi connectivity index (χ1n) is 13.4. The summed E-state index contributed by atoms with van der Waals surface area (Å²) in [6, 6.07) is 17.2. The highest BCUT2D eigenvalue weighted by atomic mass is 79.9. The standard InChI is InChI=1S/C31H36BrN4O2/c32-14-1-2-15-33-18-5-27(6-19-33)28-7-20-34(21-8-28)16-3-4-17-35-22-9-29(10-23-35)30-11-24-36(25-12-30)26-13-31(37)38/h5-12,18-25H,1-4,13-17,26H2/q+3/p+1. The minimum atomic E-state index is -0.779. The molecular formula is C31H37BrN4O2+4. The fourth-order valence-corrected chi connectivity index (χ4v) is 4.79. The van der Waals surface area contributed by atoms with E-state index >= 15 is 0 Å². The molecule has 0 fully saturated rings. The van der Waals surface area contributed by atoms with Crippen molar-refractivity contribution in [3.63, 3.8) is 0 Å². The molecule has 0 aliphatic carbocycles. The van der Waals surface area contributed by atoms with E-state index in [1.54, 1.807) is 0 Å². The Morgan fingerprint density at radius 1 is 0.526 bits per heavy atom. The lowest BCUT2D eigenvalue weighted by atomic mass is 10.1. The van der Waals surface area contributed by atoms with Gasteiger partial charge in [0.05, 0.1) is 0 Å². The molecular weight excluding hydrogens is 540 g/mol. The Balaban J connectivity index is 1.20. The quantitative estimate of drug-likeness (QED) is 0.138. The number of hydrogen-bond donors (Lipinski definition) is 1. The number of hydrogen-bond acceptors (Lipinski definition) is 1. The van der Waals surface area contributed by atoms with Crippen molar-refractivity contribution >= 4 is 21.9 Å². The number of aromatic nitrogens is 4. The molecule has 0 spiro atoms. The molecule has 0 aromatic carbocycles. The lowest BCUT2D eigenvalue weighted by molar-refractivity contribution is -0.708. The summed E-state index contributed by atoms with van der Waals surface area (Å²) >= 11 is 3.49. The van der Waals surface area contributed by atoms with E-state index < -0.39 is 5.97 Å². The molecule has 0 aliphatic rings. The van der Waals surface area contributed by atoms with Crippen molar-refractivity contribution in [2.45, 2.75) is 58.3 Å². The summed E-state index contributed by atoms with van der Waals surface area (Å²) < 4.78 is 8.65. The Kier molecular flexibility index (Phi) is 10.5. The van der Waals surface area contributed by atoms with Gasteiger partial charge in [-0.1, -0.05) is 15.9 Å². The molecule has 4 aromatic heterocycles. The van der Waals surface area contributed by atoms with Crippen LogP contribution in [-0.4, -0.2) is 16.4 Å². The second-order valence-corrected chi connectivity index (χ2v) is 10.3. The molecule has 0 unspecified atom stereocenters. The third-order valence-corrected chi connectivity index (χ3v) is 7.26. The fourth-order valence-electron chi connectivity index (χ4n) is 4.40. The Hall–Kier alpha value is -3.45. The van der Waals surface area contributed by atoms with E-state index in [1.807, 2.05) is 29.1 Å². The van der Waals surface area contributed by atoms with E-state index in [9.17, 15) is 4.79 Å². The van der Waals surface area contributed by atoms with Crippen LogP contribution in [0.15, 0.2) is 98.1 Å². The summed E-state index contributed by atoms with van der Waals surface area (Å²) in [7, 11) is 0. The molecule has 6 nitrogen and oxygen atoms in total. The van der Waals surface area contributed by atoms with Crippen LogP contribution < -0.4 is 18.3 Å². The van der Waals surface area contributed by atoms with E-state index in [0.29, 0.717) is 6.54 Å². The molecule has 0 amide bonds. The van der Waals surface area contributed by atoms with Crippen molar-refractivity contribution in [3.05, 3.63) is 98.1 Å². The van der Waals surface area contributed by atoms with E-state index in [-0.39, 0.29) is 6.42 Å². The summed E-state index contributed by atoms with van der Waals surface area (Å²) in [6.07, 6.45) is 21.6. The highest BCUT2D eigenvalue weighted by Gasteiger charge is 2.09. The minimum Gasteiger partial charge on any atom is -0.481 e. The Labute approximate surface area is 233 Å². The maximum Gasteiger partial charge on any atom is 0.309 e. The Morgan fingerprint density at radius 2 is 0.816 bits per heavy atom. The van der Waals surface area contributed by atoms with E-state index in [0.717, 1.165) is 48.9 Å². The molecule has 38 heavy (non-hydrogen) atoms. The van der Waals surface area contributed by atoms with Crippen LogP contribution in [0.5, 0.6) is 0 Å². The summed E-state index contributed by atoms with van der Waals surface area (Å²) in [5.74, 6) is -0.779. The number of pyridine rings is 4. The number of rotatable bonds is 14. The Bertz CT molecular complexity index is 1280. The molecule has 0 aliphatic heterocycles. The summed E-state index contributed by atoms with van der Waals surface area (Å²) in [5, 5.41) is 9.90. The van der Waals surface area contributed by atoms with Crippen molar-refractivity contribution in [2.75, 3.05) is 5.33 Å². The number of aliphatic carboxylic acids is 1. The van der Waals surface area contributed by atoms with E-state index in [2.05, 4.69) is 103 Å². The highest BCUT2D eigenvalue weighted by molar-refractivity contribution is 9.09. The van der Waals surface area contributed by atoms with Crippen LogP contribution in [0, 0.1) is 0 Å². The molecule has 1 N–H and O–H groups in total. The van der Waals surface area contributed by atoms with Gasteiger partial charge in [0, 0.05) is 73.1 Å². The lowest BCUT2D eigenvalue weighted by Crippen LogP contribution is -2.35. The van der Waals surface area contributed by atoms with Gasteiger partial charge in [0.2, 0.25) is 0 Å². The second-order valence-electron chi connectivity index (χ2n) is 9.55. The molecule has 4 heterocycles. The third-order valence-electron chi connectivity index (χ3n) is 6.70. The second kappa shape index (κ2) is 14.5. The smallest absolute Gasteiger partial charge is 0.309 e. The van der Waals surface area contributed by atoms with Crippen LogP contribution in [0.1, 0.15) is 32.1 Å². The Morgan fingerprint density at radius 3 is 1.11 bits per heavy atom. The zero-order valence-electron chi connectivity index (χ0n) is 21.8. The van der Waals surface area contributed by atoms with E-state index in [1.165, 1.54) is 24.0 Å². The monoisotopic (exact) mass is 576 g/mol. The lowest BCUT2D eigenvalue weighted by Gasteiger charge is -2.02. The minimum absolute atomic E-state index is 0.130. The van der Waals surface area contributed by atoms with Gasteiger partial charge in [0.1, 0.15) is 26.1 Å². The number of nitrogens with zero attached hydrogens (tertiary/aromatic N) is 4. The number of halogens is 1. The van der Waals surface area contributed by atoms with E-state index in [4.69, 9.17) is 5.11 Å². The number of alkyl halides is 1. The molecule has 0 atom stereocenters. The SMILES string of the molecule is O=C(O)CC[n+]1ccc(-c2cc[n+](CCCC[n+]3ccc(-c4cc[n+](CCCCBr)cc4)cc3)cc2)cc1. The van der Waals surface area contributed by atoms with Gasteiger partial charge >= 0.3 is 5.97 Å². The average Bonchev–Trinajstić information content (AvgIpc) is 2.96. The van der Waals surface area contributed by atoms with Gasteiger partial charge in [-0.3, -0.25) is 4.79 Å². The largest absolute Gasteiger partial charge is 0.481 e. The van der Waals surface area contributed by atoms with Crippen molar-refractivity contribution in [3.8, 4) is 22.3 Å². The zero-order chi connectivity index (χ0) is 26.6. The molecule has 0 bridgehead atoms. The highest BCUT2D eigenvalue weighted by Crippen LogP contribution is 2.16. The average molecular weight is 578 g/mol. The molecule has 0 saturated carbocycles. The zero-order valence-corrected chi connectivity index (χ0v) is 23.4. The van der Waals surface area contributed by atoms with Gasteiger partial charge in [-0.05, 0) is 28.7 Å². The summed E-state index contributed by atoms with van der Waals surface area (Å²) in [5.41, 5.74) is 4.79. The normalized spacial score (nSPS) is 11.0. The maximum absolute atomic E-state index is 10.7. The first kappa shape index (κ1) is 27.6. The molecule has 0 radical (unpaired) electrons. The van der Waals surface area contributed by atoms with Gasteiger partial charge in [-0.15, -0.1) is 0 Å². The number of unbranched alkanes of at least 4 members (excludes halogenated alkanes) is 2. The number of carboxylic acids is 1. The van der Waals surface area contributed by atoms with Crippen LogP contribution in [0.3, 0.4) is 0 Å². The van der Waals surface area contributed by atoms with Gasteiger partial charge < -0.3 is 5.11 Å². The number of carbonyl (C=O) groups is 1. The summed E-state index contributed by atoms with van der Waals surface area (Å²) in [6.45, 7) is 3.54. The third kappa shape index (κ3) is 8.55. The number of aryl methyl sites for hydroxylation is 4. The predicted molar refractivity (Wildman–Crippen MR) is 149 cm³/mol. The van der Waals surface area contributed by atoms with Crippen LogP contribution in [0.4, 0.5) is 0 Å². The van der Waals surface area contributed by atoms with Crippen LogP contribution >= 0.6 is 15.9 Å². The van der Waals surface area contributed by atoms with Gasteiger partial charge in [-0.25, -0.2) is 18.3 Å². The molecule has 0 saturated heterocycles. The van der Waals surface area contributed by atoms with Gasteiger partial charge in [0.15, 0.2) is 56.1 Å². The first-order chi connectivity index (χ1) is 18.6. The van der Waals surface area contributed by atoms with Crippen LogP contribution in [0.2, 0.25) is 0 Å². The van der Waals surface area contributed by atoms with Gasteiger partial charge in [0.25, 0.3) is 0 Å². The fraction of sp³-hybridized carbons (Fsp3) is 0.323. The predicted octanol–water partition coefficient (Wildman–Crippen LogP) is 4.30. The van der Waals surface area contributed by atoms with Crippen molar-refractivity contribution in [1.29, 1.82) is 0 Å². The van der Waals surface area contributed by atoms with Crippen molar-refractivity contribution in [1.82, 2.24) is 0 Å². The summed E-state index contributed by atoms with van der Waals surface area (Å²) in [4.78, 5) is 10.7. The van der Waals surface area contributed by atoms with Crippen LogP contribution in [-0.2, 0) is 31.0 Å². The topological polar surface area (TPSA) is 52.8 Å². The molecule has 196 valence electrons. The van der Waals surface area contributed by atoms with Gasteiger partial charge in [-0.2, -0.15) is 0 Å². The first-order valence-corrected chi connectivity index (χ1v) is 14.5. The van der Waals surface area contributed by atoms with Crippen LogP contribution in [0.25, 0.3) is 22.3 Å². The molecule has 7 heteroatoms. The van der Waals surface area contributed by atoms with Crippen molar-refractivity contribution < 1.29 is 28.2 Å². The number of carboxylic acid groups (broad SMARTS) is 1.